The van der Waals surface area contributed by atoms with Gasteiger partial charge in [0.15, 0.2) is 0 Å². The summed E-state index contributed by atoms with van der Waals surface area (Å²) in [5.74, 6) is 0.323. The van der Waals surface area contributed by atoms with E-state index in [-0.39, 0.29) is 11.9 Å². The van der Waals surface area contributed by atoms with Crippen LogP contribution < -0.4 is 5.32 Å². The first-order valence-corrected chi connectivity index (χ1v) is 6.57. The minimum absolute atomic E-state index is 0.136. The van der Waals surface area contributed by atoms with Gasteiger partial charge in [-0.25, -0.2) is 0 Å². The molecule has 0 aliphatic rings. The van der Waals surface area contributed by atoms with Gasteiger partial charge in [0.2, 0.25) is 0 Å². The molecule has 0 fully saturated rings. The van der Waals surface area contributed by atoms with Crippen molar-refractivity contribution >= 4 is 21.8 Å². The SMILES string of the molecule is C[C@@H](NCc1ccc([N+](=O)[O-])o1)c1ccc(Br)cc1. The highest BCUT2D eigenvalue weighted by molar-refractivity contribution is 9.10. The molecular weight excluding hydrogens is 312 g/mol. The maximum atomic E-state index is 10.5. The Kier molecular flexibility index (Phi) is 4.34. The number of nitrogens with zero attached hydrogens (tertiary/aromatic N) is 1. The molecule has 1 aromatic carbocycles. The van der Waals surface area contributed by atoms with Crippen LogP contribution in [0.3, 0.4) is 0 Å². The summed E-state index contributed by atoms with van der Waals surface area (Å²) in [6, 6.07) is 11.1. The first kappa shape index (κ1) is 13.8. The molecule has 2 aromatic rings. The van der Waals surface area contributed by atoms with Crippen molar-refractivity contribution in [1.82, 2.24) is 5.32 Å². The predicted molar refractivity (Wildman–Crippen MR) is 74.8 cm³/mol. The Morgan fingerprint density at radius 2 is 2.00 bits per heavy atom. The largest absolute Gasteiger partial charge is 0.433 e. The summed E-state index contributed by atoms with van der Waals surface area (Å²) < 4.78 is 6.11. The van der Waals surface area contributed by atoms with Gasteiger partial charge < -0.3 is 9.73 Å². The Morgan fingerprint density at radius 1 is 1.32 bits per heavy atom. The number of benzene rings is 1. The van der Waals surface area contributed by atoms with Crippen molar-refractivity contribution in [2.75, 3.05) is 0 Å². The second kappa shape index (κ2) is 5.99. The number of nitrogens with one attached hydrogen (secondary N) is 1. The normalized spacial score (nSPS) is 12.3. The fourth-order valence-electron chi connectivity index (χ4n) is 1.68. The topological polar surface area (TPSA) is 68.3 Å². The molecule has 1 N–H and O–H groups in total. The Labute approximate surface area is 118 Å². The molecule has 0 aliphatic heterocycles. The third-order valence-electron chi connectivity index (χ3n) is 2.78. The summed E-state index contributed by atoms with van der Waals surface area (Å²) in [5, 5.41) is 13.7. The van der Waals surface area contributed by atoms with Crippen molar-refractivity contribution in [3.8, 4) is 0 Å². The Bertz CT molecular complexity index is 566. The van der Waals surface area contributed by atoms with Crippen LogP contribution in [0.4, 0.5) is 5.88 Å². The van der Waals surface area contributed by atoms with E-state index in [1.165, 1.54) is 6.07 Å². The number of rotatable bonds is 5. The first-order valence-electron chi connectivity index (χ1n) is 5.78. The van der Waals surface area contributed by atoms with Gasteiger partial charge >= 0.3 is 5.88 Å². The van der Waals surface area contributed by atoms with E-state index in [1.807, 2.05) is 31.2 Å². The molecule has 0 unspecified atom stereocenters. The van der Waals surface area contributed by atoms with Crippen LogP contribution in [-0.4, -0.2) is 4.92 Å². The van der Waals surface area contributed by atoms with Crippen LogP contribution in [0.25, 0.3) is 0 Å². The van der Waals surface area contributed by atoms with Crippen molar-refractivity contribution in [1.29, 1.82) is 0 Å². The summed E-state index contributed by atoms with van der Waals surface area (Å²) in [6.45, 7) is 2.48. The Hall–Kier alpha value is -1.66. The molecular formula is C13H13BrN2O3. The lowest BCUT2D eigenvalue weighted by Crippen LogP contribution is -2.17. The van der Waals surface area contributed by atoms with E-state index in [0.29, 0.717) is 12.3 Å². The third-order valence-corrected chi connectivity index (χ3v) is 3.31. The molecule has 0 saturated carbocycles. The van der Waals surface area contributed by atoms with Gasteiger partial charge in [-0.2, -0.15) is 0 Å². The van der Waals surface area contributed by atoms with Gasteiger partial charge in [-0.1, -0.05) is 28.1 Å². The molecule has 19 heavy (non-hydrogen) atoms. The fourth-order valence-corrected chi connectivity index (χ4v) is 1.95. The smallest absolute Gasteiger partial charge is 0.404 e. The van der Waals surface area contributed by atoms with Crippen molar-refractivity contribution in [2.24, 2.45) is 0 Å². The number of furan rings is 1. The van der Waals surface area contributed by atoms with Crippen LogP contribution in [0.1, 0.15) is 24.3 Å². The molecule has 1 heterocycles. The molecule has 0 saturated heterocycles. The minimum atomic E-state index is -0.540. The molecule has 0 radical (unpaired) electrons. The maximum absolute atomic E-state index is 10.5. The standard InChI is InChI=1S/C13H13BrN2O3/c1-9(10-2-4-11(14)5-3-10)15-8-12-6-7-13(19-12)16(17)18/h2-7,9,15H,8H2,1H3/t9-/m1/s1. The van der Waals surface area contributed by atoms with E-state index < -0.39 is 4.92 Å². The first-order chi connectivity index (χ1) is 9.06. The highest BCUT2D eigenvalue weighted by Gasteiger charge is 2.12. The molecule has 100 valence electrons. The van der Waals surface area contributed by atoms with Crippen LogP contribution in [0.5, 0.6) is 0 Å². The van der Waals surface area contributed by atoms with Crippen molar-refractivity contribution in [3.05, 3.63) is 62.3 Å². The van der Waals surface area contributed by atoms with E-state index in [4.69, 9.17) is 4.42 Å². The van der Waals surface area contributed by atoms with Gasteiger partial charge in [0.25, 0.3) is 0 Å². The highest BCUT2D eigenvalue weighted by atomic mass is 79.9. The fraction of sp³-hybridized carbons (Fsp3) is 0.231. The highest BCUT2D eigenvalue weighted by Crippen LogP contribution is 2.19. The summed E-state index contributed by atoms with van der Waals surface area (Å²) in [6.07, 6.45) is 0. The maximum Gasteiger partial charge on any atom is 0.433 e. The second-order valence-corrected chi connectivity index (χ2v) is 5.07. The van der Waals surface area contributed by atoms with Crippen LogP contribution >= 0.6 is 15.9 Å². The zero-order chi connectivity index (χ0) is 13.8. The van der Waals surface area contributed by atoms with E-state index in [9.17, 15) is 10.1 Å². The zero-order valence-corrected chi connectivity index (χ0v) is 11.9. The number of nitro groups is 1. The van der Waals surface area contributed by atoms with Crippen molar-refractivity contribution in [3.63, 3.8) is 0 Å². The van der Waals surface area contributed by atoms with Crippen molar-refractivity contribution < 1.29 is 9.34 Å². The lowest BCUT2D eigenvalue weighted by Gasteiger charge is -2.13. The van der Waals surface area contributed by atoms with Crippen molar-refractivity contribution in [2.45, 2.75) is 19.5 Å². The van der Waals surface area contributed by atoms with Gasteiger partial charge in [0.1, 0.15) is 10.7 Å². The lowest BCUT2D eigenvalue weighted by atomic mass is 10.1. The van der Waals surface area contributed by atoms with Gasteiger partial charge in [0.05, 0.1) is 12.6 Å². The average Bonchev–Trinajstić information content (AvgIpc) is 2.86. The monoisotopic (exact) mass is 324 g/mol. The van der Waals surface area contributed by atoms with Crippen LogP contribution in [0.2, 0.25) is 0 Å². The number of hydrogen-bond donors (Lipinski definition) is 1. The molecule has 5 nitrogen and oxygen atoms in total. The minimum Gasteiger partial charge on any atom is -0.404 e. The van der Waals surface area contributed by atoms with E-state index >= 15 is 0 Å². The second-order valence-electron chi connectivity index (χ2n) is 4.15. The van der Waals surface area contributed by atoms with E-state index in [2.05, 4.69) is 21.2 Å². The van der Waals surface area contributed by atoms with E-state index in [1.54, 1.807) is 6.07 Å². The molecule has 6 heteroatoms. The average molecular weight is 325 g/mol. The predicted octanol–water partition coefficient (Wildman–Crippen LogP) is 3.80. The van der Waals surface area contributed by atoms with Crippen LogP contribution in [0, 0.1) is 10.1 Å². The van der Waals surface area contributed by atoms with Gasteiger partial charge in [-0.15, -0.1) is 0 Å². The summed E-state index contributed by atoms with van der Waals surface area (Å²) in [5.41, 5.74) is 1.14. The van der Waals surface area contributed by atoms with Gasteiger partial charge in [-0.05, 0) is 30.7 Å². The quantitative estimate of drug-likeness (QED) is 0.670. The number of hydrogen-bond acceptors (Lipinski definition) is 4. The summed E-state index contributed by atoms with van der Waals surface area (Å²) in [7, 11) is 0. The molecule has 0 bridgehead atoms. The van der Waals surface area contributed by atoms with Gasteiger partial charge in [-0.3, -0.25) is 10.1 Å². The van der Waals surface area contributed by atoms with Crippen LogP contribution in [-0.2, 0) is 6.54 Å². The molecule has 2 rings (SSSR count). The third kappa shape index (κ3) is 3.65. The van der Waals surface area contributed by atoms with Crippen LogP contribution in [0.15, 0.2) is 45.3 Å². The molecule has 1 atom stereocenters. The lowest BCUT2D eigenvalue weighted by molar-refractivity contribution is -0.402. The molecule has 0 aliphatic carbocycles. The van der Waals surface area contributed by atoms with Gasteiger partial charge in [0, 0.05) is 10.5 Å². The Balaban J connectivity index is 1.94. The van der Waals surface area contributed by atoms with E-state index in [0.717, 1.165) is 10.0 Å². The zero-order valence-electron chi connectivity index (χ0n) is 10.3. The molecule has 0 amide bonds. The summed E-state index contributed by atoms with van der Waals surface area (Å²) in [4.78, 5) is 9.95. The summed E-state index contributed by atoms with van der Waals surface area (Å²) >= 11 is 3.39. The molecule has 0 spiro atoms. The Morgan fingerprint density at radius 3 is 2.58 bits per heavy atom. The number of halogens is 1. The molecule has 1 aromatic heterocycles.